The largest absolute Gasteiger partial charge is 0.459 e. The Balaban J connectivity index is 1.62. The first-order chi connectivity index (χ1) is 12.6. The van der Waals surface area contributed by atoms with E-state index in [-0.39, 0.29) is 11.8 Å². The number of amides is 2. The normalized spacial score (nSPS) is 22.8. The highest BCUT2D eigenvalue weighted by atomic mass is 16.3. The van der Waals surface area contributed by atoms with E-state index < -0.39 is 5.92 Å². The standard InChI is InChI=1S/C20H23N3O3/c1-14-5-3-9-22(11-14)19(24)16-13-23(20(25)17-7-4-10-26-17)12-15-6-2-8-21-18(15)16/h2,4,6-8,10,14,16H,3,5,9,11-13H2,1H3. The quantitative estimate of drug-likeness (QED) is 0.832. The Bertz CT molecular complexity index is 802. The number of carbonyl (C=O) groups is 2. The molecule has 0 aliphatic carbocycles. The Morgan fingerprint density at radius 1 is 1.19 bits per heavy atom. The Kier molecular flexibility index (Phi) is 4.49. The molecule has 0 spiro atoms. The molecule has 0 radical (unpaired) electrons. The van der Waals surface area contributed by atoms with Crippen molar-refractivity contribution >= 4 is 11.8 Å². The number of fused-ring (bicyclic) bond motifs is 1. The number of pyridine rings is 1. The summed E-state index contributed by atoms with van der Waals surface area (Å²) in [6.45, 7) is 4.53. The monoisotopic (exact) mass is 353 g/mol. The van der Waals surface area contributed by atoms with Crippen LogP contribution in [0.15, 0.2) is 41.1 Å². The molecule has 2 aliphatic heterocycles. The van der Waals surface area contributed by atoms with E-state index in [0.29, 0.717) is 24.8 Å². The average molecular weight is 353 g/mol. The second kappa shape index (κ2) is 6.94. The van der Waals surface area contributed by atoms with Crippen LogP contribution in [0.5, 0.6) is 0 Å². The van der Waals surface area contributed by atoms with Crippen LogP contribution >= 0.6 is 0 Å². The zero-order chi connectivity index (χ0) is 18.1. The summed E-state index contributed by atoms with van der Waals surface area (Å²) in [7, 11) is 0. The van der Waals surface area contributed by atoms with Crippen LogP contribution in [0.25, 0.3) is 0 Å². The molecule has 0 N–H and O–H groups in total. The predicted molar refractivity (Wildman–Crippen MR) is 95.4 cm³/mol. The summed E-state index contributed by atoms with van der Waals surface area (Å²) >= 11 is 0. The van der Waals surface area contributed by atoms with E-state index >= 15 is 0 Å². The summed E-state index contributed by atoms with van der Waals surface area (Å²) in [4.78, 5) is 34.1. The van der Waals surface area contributed by atoms with Gasteiger partial charge in [0.1, 0.15) is 0 Å². The Morgan fingerprint density at radius 2 is 2.08 bits per heavy atom. The van der Waals surface area contributed by atoms with Crippen LogP contribution in [-0.4, -0.2) is 46.2 Å². The Labute approximate surface area is 152 Å². The Morgan fingerprint density at radius 3 is 2.85 bits per heavy atom. The van der Waals surface area contributed by atoms with Crippen molar-refractivity contribution in [2.75, 3.05) is 19.6 Å². The second-order valence-electron chi connectivity index (χ2n) is 7.29. The lowest BCUT2D eigenvalue weighted by atomic mass is 9.91. The molecule has 0 bridgehead atoms. The third-order valence-corrected chi connectivity index (χ3v) is 5.31. The SMILES string of the molecule is CC1CCCN(C(=O)C2CN(C(=O)c3ccco3)Cc3cccnc32)C1. The number of hydrogen-bond acceptors (Lipinski definition) is 4. The molecule has 2 unspecified atom stereocenters. The van der Waals surface area contributed by atoms with Gasteiger partial charge in [0.2, 0.25) is 5.91 Å². The lowest BCUT2D eigenvalue weighted by Gasteiger charge is -2.37. The molecule has 6 nitrogen and oxygen atoms in total. The molecule has 26 heavy (non-hydrogen) atoms. The summed E-state index contributed by atoms with van der Waals surface area (Å²) in [5, 5.41) is 0. The van der Waals surface area contributed by atoms with Gasteiger partial charge in [-0.3, -0.25) is 14.6 Å². The van der Waals surface area contributed by atoms with Gasteiger partial charge in [0.05, 0.1) is 17.9 Å². The van der Waals surface area contributed by atoms with Crippen molar-refractivity contribution in [3.05, 3.63) is 53.7 Å². The third kappa shape index (κ3) is 3.11. The van der Waals surface area contributed by atoms with Gasteiger partial charge < -0.3 is 14.2 Å². The van der Waals surface area contributed by atoms with Crippen LogP contribution < -0.4 is 0 Å². The molecule has 136 valence electrons. The van der Waals surface area contributed by atoms with Crippen molar-refractivity contribution in [3.63, 3.8) is 0 Å². The zero-order valence-corrected chi connectivity index (χ0v) is 14.9. The highest BCUT2D eigenvalue weighted by Crippen LogP contribution is 2.30. The highest BCUT2D eigenvalue weighted by Gasteiger charge is 2.37. The van der Waals surface area contributed by atoms with Crippen LogP contribution in [0.1, 0.15) is 47.5 Å². The van der Waals surface area contributed by atoms with Gasteiger partial charge in [-0.2, -0.15) is 0 Å². The highest BCUT2D eigenvalue weighted by molar-refractivity contribution is 5.93. The van der Waals surface area contributed by atoms with Crippen LogP contribution in [0, 0.1) is 5.92 Å². The van der Waals surface area contributed by atoms with Crippen molar-refractivity contribution in [1.29, 1.82) is 0 Å². The van der Waals surface area contributed by atoms with E-state index in [1.807, 2.05) is 17.0 Å². The lowest BCUT2D eigenvalue weighted by molar-refractivity contribution is -0.135. The van der Waals surface area contributed by atoms with Gasteiger partial charge in [-0.25, -0.2) is 0 Å². The number of piperidine rings is 1. The molecule has 2 aliphatic rings. The van der Waals surface area contributed by atoms with Crippen LogP contribution in [-0.2, 0) is 11.3 Å². The molecule has 1 saturated heterocycles. The van der Waals surface area contributed by atoms with Crippen LogP contribution in [0.4, 0.5) is 0 Å². The zero-order valence-electron chi connectivity index (χ0n) is 14.9. The van der Waals surface area contributed by atoms with Crippen LogP contribution in [0.3, 0.4) is 0 Å². The Hall–Kier alpha value is -2.63. The van der Waals surface area contributed by atoms with Gasteiger partial charge in [0.25, 0.3) is 5.91 Å². The summed E-state index contributed by atoms with van der Waals surface area (Å²) < 4.78 is 5.26. The minimum Gasteiger partial charge on any atom is -0.459 e. The fourth-order valence-corrected chi connectivity index (χ4v) is 3.99. The first kappa shape index (κ1) is 16.8. The topological polar surface area (TPSA) is 66.7 Å². The molecule has 2 aromatic heterocycles. The molecule has 2 aromatic rings. The average Bonchev–Trinajstić information content (AvgIpc) is 3.20. The summed E-state index contributed by atoms with van der Waals surface area (Å²) in [5.74, 6) is 0.294. The number of rotatable bonds is 2. The predicted octanol–water partition coefficient (Wildman–Crippen LogP) is 2.67. The van der Waals surface area contributed by atoms with Gasteiger partial charge in [-0.15, -0.1) is 0 Å². The fraction of sp³-hybridized carbons (Fsp3) is 0.450. The first-order valence-electron chi connectivity index (χ1n) is 9.19. The number of hydrogen-bond donors (Lipinski definition) is 0. The van der Waals surface area contributed by atoms with E-state index in [4.69, 9.17) is 4.42 Å². The number of aromatic nitrogens is 1. The maximum Gasteiger partial charge on any atom is 0.289 e. The molecule has 0 aromatic carbocycles. The molecular weight excluding hydrogens is 330 g/mol. The molecule has 6 heteroatoms. The van der Waals surface area contributed by atoms with E-state index in [2.05, 4.69) is 11.9 Å². The third-order valence-electron chi connectivity index (χ3n) is 5.31. The molecule has 1 fully saturated rings. The lowest BCUT2D eigenvalue weighted by Crippen LogP contribution is -2.47. The summed E-state index contributed by atoms with van der Waals surface area (Å²) in [5.41, 5.74) is 1.74. The minimum absolute atomic E-state index is 0.0773. The molecule has 2 atom stereocenters. The van der Waals surface area contributed by atoms with Gasteiger partial charge in [0, 0.05) is 32.4 Å². The van der Waals surface area contributed by atoms with Gasteiger partial charge in [-0.05, 0) is 42.5 Å². The van der Waals surface area contributed by atoms with E-state index in [9.17, 15) is 9.59 Å². The molecular formula is C20H23N3O3. The summed E-state index contributed by atoms with van der Waals surface area (Å²) in [6.07, 6.45) is 5.41. The van der Waals surface area contributed by atoms with Gasteiger partial charge >= 0.3 is 0 Å². The van der Waals surface area contributed by atoms with E-state index in [1.54, 1.807) is 23.2 Å². The van der Waals surface area contributed by atoms with E-state index in [0.717, 1.165) is 37.2 Å². The van der Waals surface area contributed by atoms with Crippen molar-refractivity contribution < 1.29 is 14.0 Å². The molecule has 4 rings (SSSR count). The maximum absolute atomic E-state index is 13.2. The van der Waals surface area contributed by atoms with Gasteiger partial charge in [-0.1, -0.05) is 13.0 Å². The van der Waals surface area contributed by atoms with Crippen molar-refractivity contribution in [3.8, 4) is 0 Å². The number of furan rings is 1. The minimum atomic E-state index is -0.413. The smallest absolute Gasteiger partial charge is 0.289 e. The molecule has 2 amide bonds. The number of carbonyl (C=O) groups excluding carboxylic acids is 2. The van der Waals surface area contributed by atoms with Crippen LogP contribution in [0.2, 0.25) is 0 Å². The first-order valence-corrected chi connectivity index (χ1v) is 9.19. The number of nitrogens with zero attached hydrogens (tertiary/aromatic N) is 3. The fourth-order valence-electron chi connectivity index (χ4n) is 3.99. The van der Waals surface area contributed by atoms with Gasteiger partial charge in [0.15, 0.2) is 5.76 Å². The summed E-state index contributed by atoms with van der Waals surface area (Å²) in [6, 6.07) is 7.15. The van der Waals surface area contributed by atoms with E-state index in [1.165, 1.54) is 6.26 Å². The number of likely N-dealkylation sites (tertiary alicyclic amines) is 1. The second-order valence-corrected chi connectivity index (χ2v) is 7.29. The maximum atomic E-state index is 13.2. The van der Waals surface area contributed by atoms with Crippen molar-refractivity contribution in [2.24, 2.45) is 5.92 Å². The molecule has 0 saturated carbocycles. The molecule has 4 heterocycles. The van der Waals surface area contributed by atoms with Crippen molar-refractivity contribution in [1.82, 2.24) is 14.8 Å². The van der Waals surface area contributed by atoms with Crippen molar-refractivity contribution in [2.45, 2.75) is 32.2 Å².